The Morgan fingerprint density at radius 3 is 2.30 bits per heavy atom. The van der Waals surface area contributed by atoms with Crippen molar-refractivity contribution in [3.63, 3.8) is 0 Å². The standard InChI is InChI=1S/C22H21NO3S/c1-14-8-11-17(12-9-14)19-15(2)27-21(20(19)22(25)26)23-18(24)13-10-16-6-4-3-5-7-16/h3-9,11-12H,10,13H2,1-2H3,(H,23,24)(H,25,26). The largest absolute Gasteiger partial charge is 0.478 e. The molecule has 0 spiro atoms. The van der Waals surface area contributed by atoms with Crippen molar-refractivity contribution in [3.8, 4) is 11.1 Å². The Balaban J connectivity index is 1.83. The molecule has 0 radical (unpaired) electrons. The van der Waals surface area contributed by atoms with Crippen LogP contribution < -0.4 is 5.32 Å². The van der Waals surface area contributed by atoms with E-state index in [0.717, 1.165) is 21.6 Å². The summed E-state index contributed by atoms with van der Waals surface area (Å²) < 4.78 is 0. The summed E-state index contributed by atoms with van der Waals surface area (Å²) in [6, 6.07) is 17.5. The quantitative estimate of drug-likeness (QED) is 0.611. The van der Waals surface area contributed by atoms with Gasteiger partial charge in [-0.15, -0.1) is 11.3 Å². The van der Waals surface area contributed by atoms with E-state index in [4.69, 9.17) is 0 Å². The Kier molecular flexibility index (Phi) is 5.72. The van der Waals surface area contributed by atoms with Crippen LogP contribution in [-0.2, 0) is 11.2 Å². The number of hydrogen-bond donors (Lipinski definition) is 2. The maximum atomic E-state index is 12.4. The average Bonchev–Trinajstić information content (AvgIpc) is 2.97. The van der Waals surface area contributed by atoms with Crippen LogP contribution in [0.2, 0.25) is 0 Å². The number of rotatable bonds is 6. The van der Waals surface area contributed by atoms with Gasteiger partial charge in [0, 0.05) is 16.9 Å². The highest BCUT2D eigenvalue weighted by molar-refractivity contribution is 7.17. The molecule has 0 aliphatic carbocycles. The van der Waals surface area contributed by atoms with Gasteiger partial charge >= 0.3 is 5.97 Å². The molecule has 3 aromatic rings. The molecule has 0 aliphatic heterocycles. The third-order valence-electron chi connectivity index (χ3n) is 4.37. The van der Waals surface area contributed by atoms with Crippen LogP contribution in [0.5, 0.6) is 0 Å². The number of carboxylic acids is 1. The first kappa shape index (κ1) is 18.9. The van der Waals surface area contributed by atoms with Crippen molar-refractivity contribution < 1.29 is 14.7 Å². The molecule has 0 fully saturated rings. The molecule has 27 heavy (non-hydrogen) atoms. The summed E-state index contributed by atoms with van der Waals surface area (Å²) in [7, 11) is 0. The number of nitrogens with one attached hydrogen (secondary N) is 1. The Labute approximate surface area is 162 Å². The van der Waals surface area contributed by atoms with E-state index in [0.29, 0.717) is 23.4 Å². The molecule has 138 valence electrons. The van der Waals surface area contributed by atoms with E-state index in [1.165, 1.54) is 11.3 Å². The summed E-state index contributed by atoms with van der Waals surface area (Å²) in [5.74, 6) is -1.22. The zero-order chi connectivity index (χ0) is 19.4. The second-order valence-electron chi connectivity index (χ2n) is 6.44. The van der Waals surface area contributed by atoms with Gasteiger partial charge in [-0.2, -0.15) is 0 Å². The minimum absolute atomic E-state index is 0.161. The molecule has 0 aliphatic rings. The SMILES string of the molecule is Cc1ccc(-c2c(C)sc(NC(=O)CCc3ccccc3)c2C(=O)O)cc1. The minimum atomic E-state index is -1.03. The summed E-state index contributed by atoms with van der Waals surface area (Å²) in [6.45, 7) is 3.87. The van der Waals surface area contributed by atoms with E-state index in [2.05, 4.69) is 5.32 Å². The number of benzene rings is 2. The van der Waals surface area contributed by atoms with Gasteiger partial charge < -0.3 is 10.4 Å². The van der Waals surface area contributed by atoms with E-state index in [1.807, 2.05) is 68.4 Å². The number of anilines is 1. The van der Waals surface area contributed by atoms with Crippen LogP contribution in [-0.4, -0.2) is 17.0 Å². The summed E-state index contributed by atoms with van der Waals surface area (Å²) in [5, 5.41) is 13.0. The van der Waals surface area contributed by atoms with E-state index < -0.39 is 5.97 Å². The fourth-order valence-electron chi connectivity index (χ4n) is 3.00. The molecule has 0 atom stereocenters. The van der Waals surface area contributed by atoms with Crippen LogP contribution >= 0.6 is 11.3 Å². The number of carbonyl (C=O) groups excluding carboxylic acids is 1. The Morgan fingerprint density at radius 2 is 1.67 bits per heavy atom. The Bertz CT molecular complexity index is 959. The predicted octanol–water partition coefficient (Wildman–Crippen LogP) is 5.30. The van der Waals surface area contributed by atoms with Crippen molar-refractivity contribution in [2.45, 2.75) is 26.7 Å². The van der Waals surface area contributed by atoms with E-state index in [-0.39, 0.29) is 11.5 Å². The molecule has 5 heteroatoms. The lowest BCUT2D eigenvalue weighted by Crippen LogP contribution is -2.14. The highest BCUT2D eigenvalue weighted by atomic mass is 32.1. The maximum absolute atomic E-state index is 12.4. The average molecular weight is 379 g/mol. The van der Waals surface area contributed by atoms with Crippen molar-refractivity contribution in [2.24, 2.45) is 0 Å². The molecule has 2 N–H and O–H groups in total. The molecule has 2 aromatic carbocycles. The van der Waals surface area contributed by atoms with Crippen LogP contribution in [0.4, 0.5) is 5.00 Å². The van der Waals surface area contributed by atoms with E-state index in [1.54, 1.807) is 0 Å². The van der Waals surface area contributed by atoms with Gasteiger partial charge in [0.25, 0.3) is 0 Å². The van der Waals surface area contributed by atoms with Crippen molar-refractivity contribution in [2.75, 3.05) is 5.32 Å². The predicted molar refractivity (Wildman–Crippen MR) is 110 cm³/mol. The van der Waals surface area contributed by atoms with Gasteiger partial charge in [-0.25, -0.2) is 4.79 Å². The summed E-state index contributed by atoms with van der Waals surface area (Å²) >= 11 is 1.31. The highest BCUT2D eigenvalue weighted by Crippen LogP contribution is 2.40. The van der Waals surface area contributed by atoms with Gasteiger partial charge in [-0.1, -0.05) is 60.2 Å². The first-order chi connectivity index (χ1) is 13.0. The molecule has 1 aromatic heterocycles. The minimum Gasteiger partial charge on any atom is -0.478 e. The van der Waals surface area contributed by atoms with Gasteiger partial charge in [-0.3, -0.25) is 4.79 Å². The zero-order valence-corrected chi connectivity index (χ0v) is 16.1. The normalized spacial score (nSPS) is 10.6. The number of amides is 1. The molecular weight excluding hydrogens is 358 g/mol. The van der Waals surface area contributed by atoms with Crippen LogP contribution in [0.25, 0.3) is 11.1 Å². The monoisotopic (exact) mass is 379 g/mol. The lowest BCUT2D eigenvalue weighted by Gasteiger charge is -2.07. The van der Waals surface area contributed by atoms with Crippen LogP contribution in [0.3, 0.4) is 0 Å². The van der Waals surface area contributed by atoms with Crippen molar-refractivity contribution >= 4 is 28.2 Å². The van der Waals surface area contributed by atoms with Gasteiger partial charge in [0.1, 0.15) is 10.6 Å². The molecule has 3 rings (SSSR count). The summed E-state index contributed by atoms with van der Waals surface area (Å²) in [6.07, 6.45) is 0.921. The van der Waals surface area contributed by atoms with Crippen molar-refractivity contribution in [1.29, 1.82) is 0 Å². The molecule has 0 bridgehead atoms. The molecule has 1 amide bonds. The molecule has 1 heterocycles. The molecule has 0 saturated heterocycles. The molecule has 0 saturated carbocycles. The third kappa shape index (κ3) is 4.44. The van der Waals surface area contributed by atoms with E-state index in [9.17, 15) is 14.7 Å². The van der Waals surface area contributed by atoms with Crippen molar-refractivity contribution in [1.82, 2.24) is 0 Å². The number of carboxylic acid groups (broad SMARTS) is 1. The smallest absolute Gasteiger partial charge is 0.339 e. The first-order valence-electron chi connectivity index (χ1n) is 8.73. The van der Waals surface area contributed by atoms with Crippen LogP contribution in [0, 0.1) is 13.8 Å². The van der Waals surface area contributed by atoms with Crippen LogP contribution in [0.15, 0.2) is 54.6 Å². The van der Waals surface area contributed by atoms with Gasteiger partial charge in [0.2, 0.25) is 5.91 Å². The maximum Gasteiger partial charge on any atom is 0.339 e. The van der Waals surface area contributed by atoms with Gasteiger partial charge in [0.05, 0.1) is 0 Å². The Hall–Kier alpha value is -2.92. The highest BCUT2D eigenvalue weighted by Gasteiger charge is 2.23. The zero-order valence-electron chi connectivity index (χ0n) is 15.3. The van der Waals surface area contributed by atoms with Crippen molar-refractivity contribution in [3.05, 3.63) is 76.2 Å². The topological polar surface area (TPSA) is 66.4 Å². The molecule has 4 nitrogen and oxygen atoms in total. The van der Waals surface area contributed by atoms with Crippen LogP contribution in [0.1, 0.15) is 32.8 Å². The third-order valence-corrected chi connectivity index (χ3v) is 5.40. The number of carbonyl (C=O) groups is 2. The number of aryl methyl sites for hydroxylation is 3. The number of thiophene rings is 1. The fourth-order valence-corrected chi connectivity index (χ4v) is 4.08. The number of aromatic carboxylic acids is 1. The number of hydrogen-bond acceptors (Lipinski definition) is 3. The van der Waals surface area contributed by atoms with Gasteiger partial charge in [-0.05, 0) is 31.4 Å². The lowest BCUT2D eigenvalue weighted by molar-refractivity contribution is -0.116. The van der Waals surface area contributed by atoms with E-state index >= 15 is 0 Å². The first-order valence-corrected chi connectivity index (χ1v) is 9.55. The van der Waals surface area contributed by atoms with Gasteiger partial charge in [0.15, 0.2) is 0 Å². The second-order valence-corrected chi connectivity index (χ2v) is 7.67. The fraction of sp³-hybridized carbons (Fsp3) is 0.182. The summed E-state index contributed by atoms with van der Waals surface area (Å²) in [4.78, 5) is 25.1. The molecule has 0 unspecified atom stereocenters. The summed E-state index contributed by atoms with van der Waals surface area (Å²) in [5.41, 5.74) is 3.86. The molecular formula is C22H21NO3S. The second kappa shape index (κ2) is 8.18. The lowest BCUT2D eigenvalue weighted by atomic mass is 10.0. The Morgan fingerprint density at radius 1 is 1.00 bits per heavy atom.